The summed E-state index contributed by atoms with van der Waals surface area (Å²) in [4.78, 5) is 4.55. The van der Waals surface area contributed by atoms with Crippen LogP contribution in [0.3, 0.4) is 0 Å². The van der Waals surface area contributed by atoms with Crippen LogP contribution in [0.5, 0.6) is 5.75 Å². The number of halogens is 1. The summed E-state index contributed by atoms with van der Waals surface area (Å²) in [6, 6.07) is 7.83. The highest BCUT2D eigenvalue weighted by Gasteiger charge is 2.03. The van der Waals surface area contributed by atoms with Crippen molar-refractivity contribution in [2.24, 2.45) is 4.99 Å². The van der Waals surface area contributed by atoms with Gasteiger partial charge in [0.1, 0.15) is 5.75 Å². The third-order valence-electron chi connectivity index (χ3n) is 3.03. The van der Waals surface area contributed by atoms with E-state index in [1.807, 2.05) is 38.1 Å². The number of ether oxygens (including phenoxy) is 1. The number of benzene rings is 1. The van der Waals surface area contributed by atoms with Gasteiger partial charge in [-0.15, -0.1) is 24.0 Å². The Morgan fingerprint density at radius 3 is 2.52 bits per heavy atom. The predicted octanol–water partition coefficient (Wildman–Crippen LogP) is 1.70. The van der Waals surface area contributed by atoms with Crippen LogP contribution in [0.4, 0.5) is 0 Å². The first kappa shape index (κ1) is 23.9. The minimum atomic E-state index is -3.13. The first-order chi connectivity index (χ1) is 11.5. The van der Waals surface area contributed by atoms with Crippen molar-refractivity contribution in [1.82, 2.24) is 15.4 Å². The Hall–Kier alpha value is -1.07. The number of sulfonamides is 1. The van der Waals surface area contributed by atoms with Crippen LogP contribution < -0.4 is 20.1 Å². The standard InChI is InChI=1S/C16H28N4O3S.HI/c1-4-17-16(18-11-8-12-20-24(3,21)22)19-13-14-9-6-7-10-15(14)23-5-2;/h6-7,9-10,20H,4-5,8,11-13H2,1-3H3,(H2,17,18,19);1H. The Balaban J connectivity index is 0.00000576. The van der Waals surface area contributed by atoms with Crippen molar-refractivity contribution >= 4 is 40.0 Å². The summed E-state index contributed by atoms with van der Waals surface area (Å²) < 4.78 is 30.1. The predicted molar refractivity (Wildman–Crippen MR) is 113 cm³/mol. The number of rotatable bonds is 10. The molecule has 1 rings (SSSR count). The summed E-state index contributed by atoms with van der Waals surface area (Å²) in [5.74, 6) is 1.54. The number of para-hydroxylation sites is 1. The highest BCUT2D eigenvalue weighted by atomic mass is 127. The molecule has 0 spiro atoms. The van der Waals surface area contributed by atoms with Gasteiger partial charge in [-0.2, -0.15) is 0 Å². The maximum atomic E-state index is 11.0. The average Bonchev–Trinajstić information content (AvgIpc) is 2.52. The number of aliphatic imine (C=N–C) groups is 1. The fourth-order valence-corrected chi connectivity index (χ4v) is 2.50. The van der Waals surface area contributed by atoms with Crippen LogP contribution in [0.25, 0.3) is 0 Å². The van der Waals surface area contributed by atoms with E-state index < -0.39 is 10.0 Å². The van der Waals surface area contributed by atoms with Crippen LogP contribution in [0.2, 0.25) is 0 Å². The van der Waals surface area contributed by atoms with Gasteiger partial charge < -0.3 is 15.4 Å². The van der Waals surface area contributed by atoms with Crippen molar-refractivity contribution in [1.29, 1.82) is 0 Å². The van der Waals surface area contributed by atoms with Crippen molar-refractivity contribution in [2.75, 3.05) is 32.5 Å². The Morgan fingerprint density at radius 2 is 1.88 bits per heavy atom. The molecule has 0 heterocycles. The lowest BCUT2D eigenvalue weighted by molar-refractivity contribution is 0.336. The van der Waals surface area contributed by atoms with E-state index in [0.717, 1.165) is 24.1 Å². The topological polar surface area (TPSA) is 91.8 Å². The number of nitrogens with zero attached hydrogens (tertiary/aromatic N) is 1. The molecule has 0 aliphatic carbocycles. The summed E-state index contributed by atoms with van der Waals surface area (Å²) in [5, 5.41) is 6.36. The molecule has 0 radical (unpaired) electrons. The molecule has 1 aromatic carbocycles. The van der Waals surface area contributed by atoms with Crippen molar-refractivity contribution in [3.63, 3.8) is 0 Å². The zero-order valence-electron chi connectivity index (χ0n) is 15.0. The van der Waals surface area contributed by atoms with Crippen molar-refractivity contribution in [3.05, 3.63) is 29.8 Å². The molecule has 0 unspecified atom stereocenters. The van der Waals surface area contributed by atoms with E-state index in [0.29, 0.717) is 38.6 Å². The monoisotopic (exact) mass is 484 g/mol. The molecule has 0 bridgehead atoms. The van der Waals surface area contributed by atoms with Crippen LogP contribution in [0.1, 0.15) is 25.8 Å². The van der Waals surface area contributed by atoms with Gasteiger partial charge in [-0.3, -0.25) is 0 Å². The fraction of sp³-hybridized carbons (Fsp3) is 0.562. The highest BCUT2D eigenvalue weighted by molar-refractivity contribution is 14.0. The molecule has 0 aliphatic rings. The largest absolute Gasteiger partial charge is 0.494 e. The first-order valence-electron chi connectivity index (χ1n) is 8.13. The molecular weight excluding hydrogens is 455 g/mol. The van der Waals surface area contributed by atoms with Crippen molar-refractivity contribution < 1.29 is 13.2 Å². The van der Waals surface area contributed by atoms with Gasteiger partial charge >= 0.3 is 0 Å². The van der Waals surface area contributed by atoms with E-state index in [4.69, 9.17) is 4.74 Å². The van der Waals surface area contributed by atoms with Gasteiger partial charge in [0.2, 0.25) is 10.0 Å². The van der Waals surface area contributed by atoms with Gasteiger partial charge in [0.15, 0.2) is 5.96 Å². The molecular formula is C16H29IN4O3S. The molecule has 25 heavy (non-hydrogen) atoms. The van der Waals surface area contributed by atoms with Crippen LogP contribution in [-0.2, 0) is 16.6 Å². The number of nitrogens with one attached hydrogen (secondary N) is 3. The van der Waals surface area contributed by atoms with E-state index >= 15 is 0 Å². The van der Waals surface area contributed by atoms with Crippen LogP contribution in [-0.4, -0.2) is 46.9 Å². The Morgan fingerprint density at radius 1 is 1.16 bits per heavy atom. The number of guanidine groups is 1. The first-order valence-corrected chi connectivity index (χ1v) is 10.0. The van der Waals surface area contributed by atoms with Gasteiger partial charge in [0, 0.05) is 25.2 Å². The molecule has 0 aliphatic heterocycles. The molecule has 7 nitrogen and oxygen atoms in total. The lowest BCUT2D eigenvalue weighted by Gasteiger charge is -2.12. The smallest absolute Gasteiger partial charge is 0.208 e. The van der Waals surface area contributed by atoms with Crippen molar-refractivity contribution in [3.8, 4) is 5.75 Å². The molecule has 1 aromatic rings. The molecule has 144 valence electrons. The van der Waals surface area contributed by atoms with Gasteiger partial charge in [-0.25, -0.2) is 18.1 Å². The minimum absolute atomic E-state index is 0. The van der Waals surface area contributed by atoms with E-state index in [1.54, 1.807) is 0 Å². The van der Waals surface area contributed by atoms with E-state index in [9.17, 15) is 8.42 Å². The third-order valence-corrected chi connectivity index (χ3v) is 3.76. The summed E-state index contributed by atoms with van der Waals surface area (Å²) in [7, 11) is -3.13. The SMILES string of the molecule is CCNC(=NCc1ccccc1OCC)NCCCNS(C)(=O)=O.I. The van der Waals surface area contributed by atoms with Gasteiger partial charge in [-0.1, -0.05) is 18.2 Å². The molecule has 0 saturated heterocycles. The van der Waals surface area contributed by atoms with Crippen LogP contribution in [0.15, 0.2) is 29.3 Å². The molecule has 9 heteroatoms. The normalized spacial score (nSPS) is 11.6. The second kappa shape index (κ2) is 13.2. The maximum absolute atomic E-state index is 11.0. The maximum Gasteiger partial charge on any atom is 0.208 e. The van der Waals surface area contributed by atoms with E-state index in [2.05, 4.69) is 20.3 Å². The zero-order valence-corrected chi connectivity index (χ0v) is 18.2. The van der Waals surface area contributed by atoms with Gasteiger partial charge in [0.05, 0.1) is 19.4 Å². The average molecular weight is 484 g/mol. The number of hydrogen-bond donors (Lipinski definition) is 3. The van der Waals surface area contributed by atoms with E-state index in [-0.39, 0.29) is 24.0 Å². The zero-order chi connectivity index (χ0) is 17.8. The third kappa shape index (κ3) is 11.2. The highest BCUT2D eigenvalue weighted by Crippen LogP contribution is 2.18. The van der Waals surface area contributed by atoms with Crippen LogP contribution >= 0.6 is 24.0 Å². The Labute approximate surface area is 168 Å². The molecule has 0 fully saturated rings. The number of hydrogen-bond acceptors (Lipinski definition) is 4. The summed E-state index contributed by atoms with van der Waals surface area (Å²) in [6.45, 7) is 6.85. The quantitative estimate of drug-likeness (QED) is 0.204. The van der Waals surface area contributed by atoms with E-state index in [1.165, 1.54) is 0 Å². The second-order valence-corrected chi connectivity index (χ2v) is 7.02. The summed E-state index contributed by atoms with van der Waals surface area (Å²) >= 11 is 0. The molecule has 0 aromatic heterocycles. The van der Waals surface area contributed by atoms with Crippen LogP contribution in [0, 0.1) is 0 Å². The molecule has 3 N–H and O–H groups in total. The van der Waals surface area contributed by atoms with Crippen molar-refractivity contribution in [2.45, 2.75) is 26.8 Å². The van der Waals surface area contributed by atoms with Gasteiger partial charge in [0.25, 0.3) is 0 Å². The Kier molecular flexibility index (Phi) is 12.6. The summed E-state index contributed by atoms with van der Waals surface area (Å²) in [6.07, 6.45) is 1.83. The molecule has 0 amide bonds. The minimum Gasteiger partial charge on any atom is -0.494 e. The Bertz CT molecular complexity index is 624. The fourth-order valence-electron chi connectivity index (χ4n) is 1.99. The molecule has 0 atom stereocenters. The summed E-state index contributed by atoms with van der Waals surface area (Å²) in [5.41, 5.74) is 1.02. The second-order valence-electron chi connectivity index (χ2n) is 5.18. The lowest BCUT2D eigenvalue weighted by Crippen LogP contribution is -2.38. The lowest BCUT2D eigenvalue weighted by atomic mass is 10.2. The molecule has 0 saturated carbocycles. The van der Waals surface area contributed by atoms with Gasteiger partial charge in [-0.05, 0) is 26.3 Å².